The molecule has 0 saturated carbocycles. The molecule has 2 heterocycles. The molecular weight excluding hydrogens is 861 g/mol. The van der Waals surface area contributed by atoms with Gasteiger partial charge < -0.3 is 9.13 Å². The van der Waals surface area contributed by atoms with Crippen LogP contribution in [-0.4, -0.2) is 9.13 Å². The Kier molecular flexibility index (Phi) is 10.2. The number of aromatic nitrogens is 2. The molecule has 0 N–H and O–H groups in total. The van der Waals surface area contributed by atoms with Gasteiger partial charge in [0, 0.05) is 27.6 Å². The van der Waals surface area contributed by atoms with E-state index in [9.17, 15) is 5.26 Å². The molecule has 0 radical (unpaired) electrons. The first-order valence-corrected chi connectivity index (χ1v) is 23.6. The Morgan fingerprint density at radius 3 is 0.829 bits per heavy atom. The van der Waals surface area contributed by atoms with Crippen LogP contribution in [0.4, 0.5) is 8.78 Å². The van der Waals surface area contributed by atoms with Crippen molar-refractivity contribution in [2.75, 3.05) is 0 Å². The molecule has 0 saturated heterocycles. The van der Waals surface area contributed by atoms with E-state index in [1.165, 1.54) is 34.4 Å². The van der Waals surface area contributed by atoms with Crippen LogP contribution in [0.5, 0.6) is 0 Å². The van der Waals surface area contributed by atoms with Crippen LogP contribution in [0.2, 0.25) is 0 Å². The van der Waals surface area contributed by atoms with Crippen LogP contribution >= 0.6 is 0 Å². The fourth-order valence-corrected chi connectivity index (χ4v) is 10.2. The lowest BCUT2D eigenvalue weighted by Gasteiger charge is -2.19. The van der Waals surface area contributed by atoms with Crippen LogP contribution in [0.1, 0.15) is 27.8 Å². The van der Waals surface area contributed by atoms with E-state index in [1.54, 1.807) is 0 Å². The lowest BCUT2D eigenvalue weighted by molar-refractivity contribution is 0.584. The Bertz CT molecular complexity index is 3630. The minimum atomic E-state index is -0.685. The standard InChI is InChI=1S/C65H45F2N3/c1-39-5-13-43(14-6-39)47-21-25-60-55(31-47)56-32-48(44-15-7-40(2)8-16-44)22-26-61(56)69(60)64-35-52(51-29-53(66)37-54(67)30-51)36-65(59(64)38-68)70-62-27-23-49(45-17-9-41(3)10-18-45)33-57(62)58-34-50(24-28-63(58)70)46-19-11-42(4)12-20-46/h5-37H,1-4H3. The number of nitrogens with zero attached hydrogens (tertiary/aromatic N) is 3. The van der Waals surface area contributed by atoms with E-state index in [0.717, 1.165) is 94.2 Å². The van der Waals surface area contributed by atoms with Crippen molar-refractivity contribution in [3.63, 3.8) is 0 Å². The van der Waals surface area contributed by atoms with Crippen molar-refractivity contribution >= 4 is 43.6 Å². The van der Waals surface area contributed by atoms with Gasteiger partial charge in [0.15, 0.2) is 0 Å². The van der Waals surface area contributed by atoms with Gasteiger partial charge in [-0.3, -0.25) is 0 Å². The third-order valence-electron chi connectivity index (χ3n) is 14.0. The summed E-state index contributed by atoms with van der Waals surface area (Å²) in [6.45, 7) is 8.35. The Hall–Kier alpha value is -8.85. The molecule has 12 rings (SSSR count). The number of fused-ring (bicyclic) bond motifs is 6. The first kappa shape index (κ1) is 42.5. The average Bonchev–Trinajstić information content (AvgIpc) is 3.87. The number of hydrogen-bond acceptors (Lipinski definition) is 1. The minimum Gasteiger partial charge on any atom is -0.308 e. The van der Waals surface area contributed by atoms with Crippen LogP contribution in [0, 0.1) is 50.7 Å². The smallest absolute Gasteiger partial charge is 0.126 e. The van der Waals surface area contributed by atoms with Gasteiger partial charge >= 0.3 is 0 Å². The number of halogens is 2. The quantitative estimate of drug-likeness (QED) is 0.157. The van der Waals surface area contributed by atoms with Gasteiger partial charge in [0.1, 0.15) is 23.3 Å². The van der Waals surface area contributed by atoms with Gasteiger partial charge in [0.2, 0.25) is 0 Å². The van der Waals surface area contributed by atoms with E-state index in [1.807, 2.05) is 12.1 Å². The summed E-state index contributed by atoms with van der Waals surface area (Å²) < 4.78 is 35.0. The van der Waals surface area contributed by atoms with Crippen LogP contribution in [0.3, 0.4) is 0 Å². The second-order valence-corrected chi connectivity index (χ2v) is 18.7. The SMILES string of the molecule is Cc1ccc(-c2ccc3c(c2)c2cc(-c4ccc(C)cc4)ccc2n3-c2cc(-c3cc(F)cc(F)c3)cc(-n3c4ccc(-c5ccc(C)cc5)cc4c4cc(-c5ccc(C)cc5)ccc43)c2C#N)cc1. The van der Waals surface area contributed by atoms with Gasteiger partial charge in [0.05, 0.1) is 33.4 Å². The fourth-order valence-electron chi connectivity index (χ4n) is 10.2. The monoisotopic (exact) mass is 905 g/mol. The number of rotatable bonds is 7. The molecule has 0 spiro atoms. The maximum atomic E-state index is 15.3. The molecule has 0 bridgehead atoms. The van der Waals surface area contributed by atoms with Crippen molar-refractivity contribution in [3.05, 3.63) is 240 Å². The zero-order chi connectivity index (χ0) is 47.8. The lowest BCUT2D eigenvalue weighted by atomic mass is 9.99. The van der Waals surface area contributed by atoms with Gasteiger partial charge in [-0.1, -0.05) is 144 Å². The molecule has 0 unspecified atom stereocenters. The van der Waals surface area contributed by atoms with Crippen LogP contribution in [-0.2, 0) is 0 Å². The summed E-state index contributed by atoms with van der Waals surface area (Å²) in [4.78, 5) is 0. The second-order valence-electron chi connectivity index (χ2n) is 18.7. The van der Waals surface area contributed by atoms with Crippen molar-refractivity contribution in [3.8, 4) is 73.1 Å². The molecule has 0 aliphatic heterocycles. The summed E-state index contributed by atoms with van der Waals surface area (Å²) in [5.41, 5.74) is 19.5. The summed E-state index contributed by atoms with van der Waals surface area (Å²) in [6, 6.07) is 70.3. The minimum absolute atomic E-state index is 0.359. The molecule has 5 heteroatoms. The van der Waals surface area contributed by atoms with E-state index in [0.29, 0.717) is 28.1 Å². The molecule has 0 amide bonds. The largest absolute Gasteiger partial charge is 0.308 e. The normalized spacial score (nSPS) is 11.6. The summed E-state index contributed by atoms with van der Waals surface area (Å²) in [7, 11) is 0. The van der Waals surface area contributed by atoms with E-state index in [-0.39, 0.29) is 0 Å². The highest BCUT2D eigenvalue weighted by Gasteiger charge is 2.24. The fraction of sp³-hybridized carbons (Fsp3) is 0.0615. The molecular formula is C65H45F2N3. The van der Waals surface area contributed by atoms with Crippen LogP contribution in [0.15, 0.2) is 200 Å². The van der Waals surface area contributed by atoms with Crippen molar-refractivity contribution in [2.45, 2.75) is 27.7 Å². The molecule has 0 atom stereocenters. The molecule has 0 fully saturated rings. The first-order chi connectivity index (χ1) is 34.1. The number of aryl methyl sites for hydroxylation is 4. The van der Waals surface area contributed by atoms with Gasteiger partial charge in [-0.2, -0.15) is 5.26 Å². The maximum absolute atomic E-state index is 15.3. The highest BCUT2D eigenvalue weighted by atomic mass is 19.1. The van der Waals surface area contributed by atoms with E-state index in [4.69, 9.17) is 0 Å². The third kappa shape index (κ3) is 7.33. The highest BCUT2D eigenvalue weighted by molar-refractivity contribution is 6.14. The van der Waals surface area contributed by atoms with Crippen molar-refractivity contribution in [2.24, 2.45) is 0 Å². The molecule has 0 aliphatic carbocycles. The zero-order valence-corrected chi connectivity index (χ0v) is 39.2. The molecule has 10 aromatic carbocycles. The molecule has 3 nitrogen and oxygen atoms in total. The molecule has 2 aromatic heterocycles. The van der Waals surface area contributed by atoms with Crippen LogP contribution < -0.4 is 0 Å². The second kappa shape index (κ2) is 16.7. The summed E-state index contributed by atoms with van der Waals surface area (Å²) in [5, 5.41) is 15.8. The number of nitriles is 1. The van der Waals surface area contributed by atoms with Crippen molar-refractivity contribution in [1.29, 1.82) is 5.26 Å². The number of benzene rings is 10. The average molecular weight is 906 g/mol. The molecule has 0 aliphatic rings. The van der Waals surface area contributed by atoms with E-state index in [2.05, 4.69) is 213 Å². The van der Waals surface area contributed by atoms with Gasteiger partial charge in [-0.05, 0) is 156 Å². The summed E-state index contributed by atoms with van der Waals surface area (Å²) in [6.07, 6.45) is 0. The van der Waals surface area contributed by atoms with E-state index < -0.39 is 11.6 Å². The molecule has 12 aromatic rings. The summed E-state index contributed by atoms with van der Waals surface area (Å²) >= 11 is 0. The molecule has 334 valence electrons. The zero-order valence-electron chi connectivity index (χ0n) is 39.2. The Balaban J connectivity index is 1.18. The number of hydrogen-bond donors (Lipinski definition) is 0. The predicted octanol–water partition coefficient (Wildman–Crippen LogP) is 17.6. The first-order valence-electron chi connectivity index (χ1n) is 23.6. The Morgan fingerprint density at radius 1 is 0.300 bits per heavy atom. The van der Waals surface area contributed by atoms with Crippen molar-refractivity contribution < 1.29 is 8.78 Å². The van der Waals surface area contributed by atoms with Gasteiger partial charge in [-0.15, -0.1) is 0 Å². The van der Waals surface area contributed by atoms with Crippen LogP contribution in [0.25, 0.3) is 111 Å². The predicted molar refractivity (Wildman–Crippen MR) is 286 cm³/mol. The van der Waals surface area contributed by atoms with E-state index >= 15 is 8.78 Å². The Labute approximate surface area is 405 Å². The van der Waals surface area contributed by atoms with Gasteiger partial charge in [0.25, 0.3) is 0 Å². The topological polar surface area (TPSA) is 33.6 Å². The summed E-state index contributed by atoms with van der Waals surface area (Å²) in [5.74, 6) is -1.37. The highest BCUT2D eigenvalue weighted by Crippen LogP contribution is 2.43. The van der Waals surface area contributed by atoms with Gasteiger partial charge in [-0.25, -0.2) is 8.78 Å². The lowest BCUT2D eigenvalue weighted by Crippen LogP contribution is -2.05. The van der Waals surface area contributed by atoms with Crippen molar-refractivity contribution in [1.82, 2.24) is 9.13 Å². The Morgan fingerprint density at radius 2 is 0.557 bits per heavy atom. The molecule has 70 heavy (non-hydrogen) atoms. The third-order valence-corrected chi connectivity index (χ3v) is 14.0. The maximum Gasteiger partial charge on any atom is 0.126 e.